The number of nitrogens with one attached hydrogen (secondary N) is 1. The van der Waals surface area contributed by atoms with Crippen molar-refractivity contribution in [2.24, 2.45) is 5.73 Å². The number of amidine groups is 1. The average Bonchev–Trinajstić information content (AvgIpc) is 2.19. The number of rotatable bonds is 4. The molecule has 1 aromatic carbocycles. The van der Waals surface area contributed by atoms with Crippen molar-refractivity contribution < 1.29 is 9.13 Å². The molecule has 0 saturated carbocycles. The van der Waals surface area contributed by atoms with Crippen LogP contribution >= 0.6 is 11.6 Å². The van der Waals surface area contributed by atoms with E-state index in [1.807, 2.05) is 6.92 Å². The summed E-state index contributed by atoms with van der Waals surface area (Å²) in [6.45, 7) is 1.84. The highest BCUT2D eigenvalue weighted by Crippen LogP contribution is 2.22. The quantitative estimate of drug-likeness (QED) is 0.617. The number of benzene rings is 1. The minimum absolute atomic E-state index is 0.00842. The van der Waals surface area contributed by atoms with Gasteiger partial charge < -0.3 is 10.5 Å². The average molecular weight is 231 g/mol. The first-order valence-electron chi connectivity index (χ1n) is 4.50. The third-order valence-corrected chi connectivity index (χ3v) is 2.18. The Balaban J connectivity index is 2.80. The van der Waals surface area contributed by atoms with Crippen LogP contribution in [0.4, 0.5) is 4.39 Å². The van der Waals surface area contributed by atoms with Crippen molar-refractivity contribution in [2.45, 2.75) is 19.4 Å². The molecule has 0 saturated heterocycles. The van der Waals surface area contributed by atoms with Crippen molar-refractivity contribution in [2.75, 3.05) is 0 Å². The lowest BCUT2D eigenvalue weighted by Crippen LogP contribution is -2.32. The van der Waals surface area contributed by atoms with Crippen LogP contribution in [0, 0.1) is 11.2 Å². The molecule has 3 nitrogen and oxygen atoms in total. The molecule has 0 aromatic heterocycles. The first kappa shape index (κ1) is 11.8. The molecule has 1 aromatic rings. The summed E-state index contributed by atoms with van der Waals surface area (Å²) in [6, 6.07) is 4.03. The van der Waals surface area contributed by atoms with E-state index in [0.717, 1.165) is 0 Å². The number of nitrogens with two attached hydrogens (primary N) is 1. The fraction of sp³-hybridized carbons (Fsp3) is 0.300. The lowest BCUT2D eigenvalue weighted by molar-refractivity contribution is 0.260. The van der Waals surface area contributed by atoms with Gasteiger partial charge in [-0.15, -0.1) is 0 Å². The van der Waals surface area contributed by atoms with E-state index in [0.29, 0.717) is 12.2 Å². The molecule has 0 radical (unpaired) electrons. The van der Waals surface area contributed by atoms with Crippen molar-refractivity contribution in [1.29, 1.82) is 5.41 Å². The summed E-state index contributed by atoms with van der Waals surface area (Å²) in [4.78, 5) is 0. The second-order valence-electron chi connectivity index (χ2n) is 3.05. The molecule has 1 unspecified atom stereocenters. The fourth-order valence-electron chi connectivity index (χ4n) is 1.08. The maximum atomic E-state index is 12.8. The van der Waals surface area contributed by atoms with Crippen molar-refractivity contribution in [1.82, 2.24) is 0 Å². The van der Waals surface area contributed by atoms with E-state index >= 15 is 0 Å². The standard InChI is InChI=1S/C10H12ClFN2O/c1-2-9(10(13)14)15-6-3-4-8(12)7(11)5-6/h3-5,9H,2H2,1H3,(H3,13,14). The predicted octanol–water partition coefficient (Wildman–Crippen LogP) is 2.57. The molecular formula is C10H12ClFN2O. The Bertz CT molecular complexity index is 370. The second-order valence-corrected chi connectivity index (χ2v) is 3.45. The van der Waals surface area contributed by atoms with E-state index in [2.05, 4.69) is 0 Å². The van der Waals surface area contributed by atoms with Crippen LogP contribution in [0.25, 0.3) is 0 Å². The molecular weight excluding hydrogens is 219 g/mol. The van der Waals surface area contributed by atoms with Gasteiger partial charge in [-0.25, -0.2) is 4.39 Å². The van der Waals surface area contributed by atoms with E-state index in [1.165, 1.54) is 18.2 Å². The van der Waals surface area contributed by atoms with E-state index in [4.69, 9.17) is 27.5 Å². The normalized spacial score (nSPS) is 12.2. The molecule has 0 bridgehead atoms. The highest BCUT2D eigenvalue weighted by atomic mass is 35.5. The first-order valence-corrected chi connectivity index (χ1v) is 4.88. The minimum atomic E-state index is -0.500. The third kappa shape index (κ3) is 3.09. The Morgan fingerprint density at radius 1 is 1.67 bits per heavy atom. The maximum absolute atomic E-state index is 12.8. The molecule has 1 atom stereocenters. The van der Waals surface area contributed by atoms with Crippen molar-refractivity contribution >= 4 is 17.4 Å². The van der Waals surface area contributed by atoms with Gasteiger partial charge >= 0.3 is 0 Å². The van der Waals surface area contributed by atoms with Crippen LogP contribution in [0.2, 0.25) is 5.02 Å². The molecule has 82 valence electrons. The van der Waals surface area contributed by atoms with E-state index in [-0.39, 0.29) is 10.9 Å². The number of ether oxygens (including phenoxy) is 1. The van der Waals surface area contributed by atoms with Crippen molar-refractivity contribution in [3.8, 4) is 5.75 Å². The Labute approximate surface area is 92.5 Å². The van der Waals surface area contributed by atoms with Gasteiger partial charge in [-0.2, -0.15) is 0 Å². The largest absolute Gasteiger partial charge is 0.483 e. The van der Waals surface area contributed by atoms with Gasteiger partial charge in [-0.1, -0.05) is 18.5 Å². The van der Waals surface area contributed by atoms with Crippen LogP contribution in [0.5, 0.6) is 5.75 Å². The highest BCUT2D eigenvalue weighted by molar-refractivity contribution is 6.30. The fourth-order valence-corrected chi connectivity index (χ4v) is 1.25. The minimum Gasteiger partial charge on any atom is -0.483 e. The summed E-state index contributed by atoms with van der Waals surface area (Å²) in [6.07, 6.45) is 0.0798. The summed E-state index contributed by atoms with van der Waals surface area (Å²) in [5, 5.41) is 7.23. The van der Waals surface area contributed by atoms with Crippen molar-refractivity contribution in [3.05, 3.63) is 29.0 Å². The lowest BCUT2D eigenvalue weighted by Gasteiger charge is -2.15. The smallest absolute Gasteiger partial charge is 0.155 e. The molecule has 0 spiro atoms. The molecule has 0 aliphatic rings. The van der Waals surface area contributed by atoms with Gasteiger partial charge in [0.05, 0.1) is 5.02 Å². The molecule has 15 heavy (non-hydrogen) atoms. The van der Waals surface area contributed by atoms with Gasteiger partial charge in [0.2, 0.25) is 0 Å². The topological polar surface area (TPSA) is 59.1 Å². The van der Waals surface area contributed by atoms with Gasteiger partial charge in [-0.05, 0) is 18.6 Å². The summed E-state index contributed by atoms with van der Waals surface area (Å²) >= 11 is 5.58. The van der Waals surface area contributed by atoms with Crippen molar-refractivity contribution in [3.63, 3.8) is 0 Å². The zero-order valence-corrected chi connectivity index (χ0v) is 9.01. The number of halogens is 2. The molecule has 0 aliphatic heterocycles. The highest BCUT2D eigenvalue weighted by Gasteiger charge is 2.12. The molecule has 0 amide bonds. The maximum Gasteiger partial charge on any atom is 0.155 e. The van der Waals surface area contributed by atoms with E-state index in [9.17, 15) is 4.39 Å². The Hall–Kier alpha value is -1.29. The van der Waals surface area contributed by atoms with Crippen LogP contribution in [0.3, 0.4) is 0 Å². The Kier molecular flexibility index (Phi) is 3.91. The summed E-state index contributed by atoms with van der Waals surface area (Å²) in [7, 11) is 0. The zero-order chi connectivity index (χ0) is 11.4. The Morgan fingerprint density at radius 3 is 2.80 bits per heavy atom. The molecule has 1 rings (SSSR count). The van der Waals surface area contributed by atoms with Crippen LogP contribution < -0.4 is 10.5 Å². The van der Waals surface area contributed by atoms with Crippen LogP contribution in [0.15, 0.2) is 18.2 Å². The first-order chi connectivity index (χ1) is 7.04. The summed E-state index contributed by atoms with van der Waals surface area (Å²) in [5.41, 5.74) is 5.31. The van der Waals surface area contributed by atoms with Gasteiger partial charge in [0.25, 0.3) is 0 Å². The second kappa shape index (κ2) is 4.98. The molecule has 0 heterocycles. The predicted molar refractivity (Wildman–Crippen MR) is 58.0 cm³/mol. The molecule has 5 heteroatoms. The van der Waals surface area contributed by atoms with Gasteiger partial charge in [0.15, 0.2) is 6.10 Å². The summed E-state index contributed by atoms with van der Waals surface area (Å²) < 4.78 is 18.2. The van der Waals surface area contributed by atoms with Gasteiger partial charge in [0, 0.05) is 6.07 Å². The number of hydrogen-bond acceptors (Lipinski definition) is 2. The lowest BCUT2D eigenvalue weighted by atomic mass is 10.2. The van der Waals surface area contributed by atoms with Crippen LogP contribution in [0.1, 0.15) is 13.3 Å². The van der Waals surface area contributed by atoms with Crippen LogP contribution in [-0.4, -0.2) is 11.9 Å². The third-order valence-electron chi connectivity index (χ3n) is 1.89. The summed E-state index contributed by atoms with van der Waals surface area (Å²) in [5.74, 6) is -0.152. The van der Waals surface area contributed by atoms with E-state index < -0.39 is 11.9 Å². The van der Waals surface area contributed by atoms with E-state index in [1.54, 1.807) is 0 Å². The zero-order valence-electron chi connectivity index (χ0n) is 8.26. The number of hydrogen-bond donors (Lipinski definition) is 2. The molecule has 3 N–H and O–H groups in total. The van der Waals surface area contributed by atoms with Crippen LogP contribution in [-0.2, 0) is 0 Å². The molecule has 0 fully saturated rings. The monoisotopic (exact) mass is 230 g/mol. The Morgan fingerprint density at radius 2 is 2.33 bits per heavy atom. The molecule has 0 aliphatic carbocycles. The SMILES string of the molecule is CCC(Oc1ccc(F)c(Cl)c1)C(=N)N. The van der Waals surface area contributed by atoms with Gasteiger partial charge in [0.1, 0.15) is 17.4 Å². The van der Waals surface area contributed by atoms with Gasteiger partial charge in [-0.3, -0.25) is 5.41 Å².